The summed E-state index contributed by atoms with van der Waals surface area (Å²) in [6, 6.07) is 6.30. The van der Waals surface area contributed by atoms with Crippen molar-refractivity contribution in [3.8, 4) is 0 Å². The molecule has 0 bridgehead atoms. The molecule has 1 aliphatic rings. The first-order chi connectivity index (χ1) is 15.2. The Morgan fingerprint density at radius 3 is 2.28 bits per heavy atom. The van der Waals surface area contributed by atoms with E-state index in [4.69, 9.17) is 36.1 Å². The quantitative estimate of drug-likeness (QED) is 0.170. The highest BCUT2D eigenvalue weighted by atomic mass is 35.5. The van der Waals surface area contributed by atoms with Gasteiger partial charge in [0.25, 0.3) is 0 Å². The van der Waals surface area contributed by atoms with Crippen molar-refractivity contribution in [3.05, 3.63) is 45.3 Å². The first kappa shape index (κ1) is 25.8. The van der Waals surface area contributed by atoms with Crippen LogP contribution in [0.5, 0.6) is 0 Å². The second-order valence-corrected chi connectivity index (χ2v) is 8.58. The van der Waals surface area contributed by atoms with Crippen LogP contribution in [0.25, 0.3) is 10.4 Å². The number of benzene rings is 1. The zero-order valence-electron chi connectivity index (χ0n) is 17.8. The lowest BCUT2D eigenvalue weighted by molar-refractivity contribution is -0.201. The highest BCUT2D eigenvalue weighted by molar-refractivity contribution is 7.99. The Hall–Kier alpha value is -2.46. The zero-order valence-corrected chi connectivity index (χ0v) is 19.4. The van der Waals surface area contributed by atoms with E-state index in [1.54, 1.807) is 12.1 Å². The van der Waals surface area contributed by atoms with Gasteiger partial charge in [0.1, 0.15) is 36.4 Å². The van der Waals surface area contributed by atoms with Crippen molar-refractivity contribution in [2.75, 3.05) is 12.4 Å². The van der Waals surface area contributed by atoms with Gasteiger partial charge in [0.15, 0.2) is 0 Å². The molecule has 1 aliphatic heterocycles. The molecule has 1 aromatic carbocycles. The van der Waals surface area contributed by atoms with Crippen molar-refractivity contribution < 1.29 is 33.3 Å². The number of hydrogen-bond acceptors (Lipinski definition) is 9. The van der Waals surface area contributed by atoms with Gasteiger partial charge < -0.3 is 18.9 Å². The Morgan fingerprint density at radius 1 is 1.09 bits per heavy atom. The van der Waals surface area contributed by atoms with Gasteiger partial charge in [-0.15, -0.1) is 11.8 Å². The molecular weight excluding hydrogens is 462 g/mol. The molecule has 1 heterocycles. The van der Waals surface area contributed by atoms with Crippen molar-refractivity contribution in [2.45, 2.75) is 57.0 Å². The van der Waals surface area contributed by atoms with Crippen LogP contribution in [0.15, 0.2) is 29.4 Å². The lowest BCUT2D eigenvalue weighted by Gasteiger charge is -2.43. The number of azide groups is 1. The molecule has 0 aliphatic carbocycles. The van der Waals surface area contributed by atoms with Gasteiger partial charge in [-0.3, -0.25) is 14.4 Å². The predicted octanol–water partition coefficient (Wildman–Crippen LogP) is 3.45. The smallest absolute Gasteiger partial charge is 0.303 e. The highest BCUT2D eigenvalue weighted by Gasteiger charge is 2.49. The Balaban J connectivity index is 2.25. The average molecular weight is 486 g/mol. The van der Waals surface area contributed by atoms with Gasteiger partial charge in [-0.25, -0.2) is 0 Å². The fourth-order valence-electron chi connectivity index (χ4n) is 3.15. The third-order valence-corrected chi connectivity index (χ3v) is 5.84. The van der Waals surface area contributed by atoms with Gasteiger partial charge in [-0.1, -0.05) is 28.8 Å². The number of nitrogens with zero attached hydrogens (tertiary/aromatic N) is 3. The molecule has 5 atom stereocenters. The number of aryl methyl sites for hydroxylation is 1. The Kier molecular flexibility index (Phi) is 10.1. The van der Waals surface area contributed by atoms with Gasteiger partial charge >= 0.3 is 17.9 Å². The maximum absolute atomic E-state index is 11.7. The molecule has 0 aromatic heterocycles. The van der Waals surface area contributed by atoms with Crippen LogP contribution >= 0.6 is 23.4 Å². The van der Waals surface area contributed by atoms with Gasteiger partial charge in [0.2, 0.25) is 0 Å². The van der Waals surface area contributed by atoms with Crippen molar-refractivity contribution in [2.24, 2.45) is 5.11 Å². The first-order valence-corrected chi connectivity index (χ1v) is 11.2. The van der Waals surface area contributed by atoms with E-state index < -0.39 is 47.7 Å². The normalized spacial score (nSPS) is 24.7. The van der Waals surface area contributed by atoms with Gasteiger partial charge in [-0.2, -0.15) is 0 Å². The van der Waals surface area contributed by atoms with Crippen LogP contribution in [-0.4, -0.2) is 60.1 Å². The molecule has 32 heavy (non-hydrogen) atoms. The van der Waals surface area contributed by atoms with Gasteiger partial charge in [-0.05, 0) is 35.4 Å². The summed E-state index contributed by atoms with van der Waals surface area (Å²) < 4.78 is 21.8. The van der Waals surface area contributed by atoms with Crippen molar-refractivity contribution >= 4 is 41.3 Å². The molecule has 0 unspecified atom stereocenters. The van der Waals surface area contributed by atoms with Crippen LogP contribution < -0.4 is 0 Å². The topological polar surface area (TPSA) is 137 Å². The molecule has 0 N–H and O–H groups in total. The zero-order chi connectivity index (χ0) is 23.7. The molecule has 12 heteroatoms. The summed E-state index contributed by atoms with van der Waals surface area (Å²) in [5.41, 5.74) is 9.38. The lowest BCUT2D eigenvalue weighted by atomic mass is 9.97. The summed E-state index contributed by atoms with van der Waals surface area (Å²) >= 11 is 7.25. The average Bonchev–Trinajstić information content (AvgIpc) is 2.71. The van der Waals surface area contributed by atoms with Crippen molar-refractivity contribution in [1.29, 1.82) is 0 Å². The van der Waals surface area contributed by atoms with Crippen LogP contribution in [0.3, 0.4) is 0 Å². The van der Waals surface area contributed by atoms with Crippen molar-refractivity contribution in [1.82, 2.24) is 0 Å². The number of ether oxygens (including phenoxy) is 4. The SMILES string of the molecule is CC(=O)OC[C@H]1O[C@H](SCCc2ccc(Cl)cc2)[C@H](OC(C)=O)[C@@H](N=[N+]=[N-])[C@H]1OC(C)=O. The maximum atomic E-state index is 11.7. The summed E-state index contributed by atoms with van der Waals surface area (Å²) in [5.74, 6) is -1.24. The molecule has 10 nitrogen and oxygen atoms in total. The van der Waals surface area contributed by atoms with E-state index in [1.807, 2.05) is 12.1 Å². The second kappa shape index (κ2) is 12.5. The van der Waals surface area contributed by atoms with Crippen LogP contribution in [0.1, 0.15) is 26.3 Å². The summed E-state index contributed by atoms with van der Waals surface area (Å²) in [6.45, 7) is 3.40. The Labute approximate surface area is 194 Å². The monoisotopic (exact) mass is 485 g/mol. The number of carbonyl (C=O) groups excluding carboxylic acids is 3. The summed E-state index contributed by atoms with van der Waals surface area (Å²) in [4.78, 5) is 37.6. The number of esters is 3. The molecule has 1 saturated heterocycles. The standard InChI is InChI=1S/C20H24ClN3O7S/c1-11(25)28-10-16-18(29-12(2)26)17(23-24-22)19(30-13(3)27)20(31-16)32-9-8-14-4-6-15(21)7-5-14/h4-7,16-20H,8-10H2,1-3H3/t16-,17+,18+,19-,20-/m1/s1. The molecule has 0 radical (unpaired) electrons. The number of carbonyl (C=O) groups is 3. The molecule has 174 valence electrons. The van der Waals surface area contributed by atoms with E-state index in [1.165, 1.54) is 32.5 Å². The highest BCUT2D eigenvalue weighted by Crippen LogP contribution is 2.34. The second-order valence-electron chi connectivity index (χ2n) is 6.94. The minimum Gasteiger partial charge on any atom is -0.463 e. The third-order valence-electron chi connectivity index (χ3n) is 4.44. The first-order valence-electron chi connectivity index (χ1n) is 9.74. The largest absolute Gasteiger partial charge is 0.463 e. The molecular formula is C20H24ClN3O7S. The van der Waals surface area contributed by atoms with Gasteiger partial charge in [0.05, 0.1) is 0 Å². The Bertz CT molecular complexity index is 863. The van der Waals surface area contributed by atoms with Crippen LogP contribution in [0.2, 0.25) is 5.02 Å². The maximum Gasteiger partial charge on any atom is 0.303 e. The summed E-state index contributed by atoms with van der Waals surface area (Å²) in [7, 11) is 0. The lowest BCUT2D eigenvalue weighted by Crippen LogP contribution is -2.59. The van der Waals surface area contributed by atoms with Crippen LogP contribution in [0.4, 0.5) is 0 Å². The van der Waals surface area contributed by atoms with E-state index >= 15 is 0 Å². The van der Waals surface area contributed by atoms with E-state index in [-0.39, 0.29) is 6.61 Å². The minimum atomic E-state index is -1.11. The molecule has 2 rings (SSSR count). The van der Waals surface area contributed by atoms with Crippen LogP contribution in [-0.2, 0) is 39.8 Å². The fraction of sp³-hybridized carbons (Fsp3) is 0.550. The number of rotatable bonds is 9. The number of thioether (sulfide) groups is 1. The van der Waals surface area contributed by atoms with E-state index in [2.05, 4.69) is 10.0 Å². The van der Waals surface area contributed by atoms with Gasteiger partial charge in [0, 0.05) is 30.7 Å². The predicted molar refractivity (Wildman–Crippen MR) is 117 cm³/mol. The van der Waals surface area contributed by atoms with Crippen LogP contribution in [0, 0.1) is 0 Å². The third kappa shape index (κ3) is 7.90. The minimum absolute atomic E-state index is 0.230. The van der Waals surface area contributed by atoms with Crippen molar-refractivity contribution in [3.63, 3.8) is 0 Å². The number of hydrogen-bond donors (Lipinski definition) is 0. The molecule has 0 spiro atoms. The summed E-state index contributed by atoms with van der Waals surface area (Å²) in [5, 5.41) is 4.37. The Morgan fingerprint density at radius 2 is 1.72 bits per heavy atom. The fourth-order valence-corrected chi connectivity index (χ4v) is 4.49. The molecule has 0 amide bonds. The summed E-state index contributed by atoms with van der Waals surface area (Å²) in [6.07, 6.45) is -2.38. The molecule has 1 aromatic rings. The van der Waals surface area contributed by atoms with E-state index in [0.29, 0.717) is 17.2 Å². The number of halogens is 1. The molecule has 1 fully saturated rings. The van der Waals surface area contributed by atoms with E-state index in [9.17, 15) is 14.4 Å². The van der Waals surface area contributed by atoms with E-state index in [0.717, 1.165) is 5.56 Å². The molecule has 0 saturated carbocycles.